The van der Waals surface area contributed by atoms with Gasteiger partial charge in [0.05, 0.1) is 12.2 Å². The molecule has 1 aromatic carbocycles. The summed E-state index contributed by atoms with van der Waals surface area (Å²) in [6.07, 6.45) is 0.965. The Kier molecular flexibility index (Phi) is 4.02. The van der Waals surface area contributed by atoms with Crippen molar-refractivity contribution in [3.63, 3.8) is 0 Å². The Morgan fingerprint density at radius 3 is 2.71 bits per heavy atom. The molecule has 3 nitrogen and oxygen atoms in total. The lowest BCUT2D eigenvalue weighted by molar-refractivity contribution is 0.0821. The highest BCUT2D eigenvalue weighted by Crippen LogP contribution is 2.21. The van der Waals surface area contributed by atoms with Gasteiger partial charge in [0.15, 0.2) is 0 Å². The maximum atomic E-state index is 9.48. The van der Waals surface area contributed by atoms with Crippen molar-refractivity contribution in [1.29, 1.82) is 0 Å². The molecule has 94 valence electrons. The fourth-order valence-electron chi connectivity index (χ4n) is 2.19. The third-order valence-corrected chi connectivity index (χ3v) is 3.19. The van der Waals surface area contributed by atoms with Gasteiger partial charge in [-0.25, -0.2) is 0 Å². The summed E-state index contributed by atoms with van der Waals surface area (Å²) in [4.78, 5) is 2.35. The minimum Gasteiger partial charge on any atom is -0.389 e. The van der Waals surface area contributed by atoms with Crippen LogP contribution in [0.1, 0.15) is 31.9 Å². The summed E-state index contributed by atoms with van der Waals surface area (Å²) in [6.45, 7) is 6.73. The van der Waals surface area contributed by atoms with E-state index in [1.165, 1.54) is 5.69 Å². The lowest BCUT2D eigenvalue weighted by Crippen LogP contribution is -2.29. The number of aliphatic hydroxyl groups excluding tert-OH is 1. The Hall–Kier alpha value is -1.06. The van der Waals surface area contributed by atoms with Gasteiger partial charge >= 0.3 is 0 Å². The Balaban J connectivity index is 2.10. The van der Waals surface area contributed by atoms with Gasteiger partial charge < -0.3 is 14.7 Å². The molecule has 0 radical (unpaired) electrons. The van der Waals surface area contributed by atoms with Crippen molar-refractivity contribution in [1.82, 2.24) is 0 Å². The first kappa shape index (κ1) is 12.4. The first-order valence-corrected chi connectivity index (χ1v) is 6.31. The third kappa shape index (κ3) is 3.20. The molecule has 2 rings (SSSR count). The molecule has 0 aromatic heterocycles. The second-order valence-electron chi connectivity index (χ2n) is 4.75. The molecule has 3 heteroatoms. The molecule has 1 N–H and O–H groups in total. The minimum absolute atomic E-state index is 0.286. The summed E-state index contributed by atoms with van der Waals surface area (Å²) in [5.74, 6) is 0. The fraction of sp³-hybridized carbons (Fsp3) is 0.571. The van der Waals surface area contributed by atoms with E-state index >= 15 is 0 Å². The van der Waals surface area contributed by atoms with E-state index in [1.807, 2.05) is 12.1 Å². The monoisotopic (exact) mass is 235 g/mol. The molecule has 0 saturated carbocycles. The molecule has 1 heterocycles. The standard InChI is InChI=1S/C14H21NO2/c1-11-10-15(8-3-9-17-11)14-6-4-13(5-7-14)12(2)16/h4-7,11-12,16H,3,8-10H2,1-2H3. The SMILES string of the molecule is CC1CN(c2ccc(C(C)O)cc2)CCCO1. The summed E-state index contributed by atoms with van der Waals surface area (Å²) in [5.41, 5.74) is 2.18. The first-order chi connectivity index (χ1) is 8.16. The van der Waals surface area contributed by atoms with Gasteiger partial charge in [0, 0.05) is 25.4 Å². The maximum Gasteiger partial charge on any atom is 0.0761 e. The fourth-order valence-corrected chi connectivity index (χ4v) is 2.19. The van der Waals surface area contributed by atoms with Crippen molar-refractivity contribution in [2.45, 2.75) is 32.5 Å². The minimum atomic E-state index is -0.393. The normalized spacial score (nSPS) is 23.2. The predicted octanol–water partition coefficient (Wildman–Crippen LogP) is 2.36. The number of aliphatic hydroxyl groups is 1. The van der Waals surface area contributed by atoms with Gasteiger partial charge in [0.25, 0.3) is 0 Å². The Bertz CT molecular complexity index is 348. The van der Waals surface area contributed by atoms with Gasteiger partial charge in [-0.05, 0) is 38.0 Å². The quantitative estimate of drug-likeness (QED) is 0.854. The zero-order chi connectivity index (χ0) is 12.3. The van der Waals surface area contributed by atoms with Crippen LogP contribution in [0.2, 0.25) is 0 Å². The van der Waals surface area contributed by atoms with Gasteiger partial charge in [-0.15, -0.1) is 0 Å². The molecule has 1 aliphatic heterocycles. The van der Waals surface area contributed by atoms with Crippen LogP contribution in [-0.4, -0.2) is 30.9 Å². The predicted molar refractivity (Wildman–Crippen MR) is 69.3 cm³/mol. The zero-order valence-electron chi connectivity index (χ0n) is 10.6. The Morgan fingerprint density at radius 2 is 2.06 bits per heavy atom. The van der Waals surface area contributed by atoms with E-state index in [1.54, 1.807) is 6.92 Å². The van der Waals surface area contributed by atoms with E-state index in [-0.39, 0.29) is 6.10 Å². The Labute approximate surface area is 103 Å². The highest BCUT2D eigenvalue weighted by Gasteiger charge is 2.15. The van der Waals surface area contributed by atoms with Crippen LogP contribution in [-0.2, 0) is 4.74 Å². The lowest BCUT2D eigenvalue weighted by atomic mass is 10.1. The van der Waals surface area contributed by atoms with Crippen LogP contribution in [0.5, 0.6) is 0 Å². The lowest BCUT2D eigenvalue weighted by Gasteiger charge is -2.24. The summed E-state index contributed by atoms with van der Waals surface area (Å²) < 4.78 is 5.63. The highest BCUT2D eigenvalue weighted by molar-refractivity contribution is 5.48. The van der Waals surface area contributed by atoms with Gasteiger partial charge in [-0.3, -0.25) is 0 Å². The van der Waals surface area contributed by atoms with Crippen LogP contribution in [0, 0.1) is 0 Å². The third-order valence-electron chi connectivity index (χ3n) is 3.19. The average Bonchev–Trinajstić information content (AvgIpc) is 2.54. The summed E-state index contributed by atoms with van der Waals surface area (Å²) in [6, 6.07) is 8.16. The van der Waals surface area contributed by atoms with Crippen LogP contribution in [0.15, 0.2) is 24.3 Å². The molecule has 0 bridgehead atoms. The van der Waals surface area contributed by atoms with E-state index in [0.717, 1.165) is 31.7 Å². The second-order valence-corrected chi connectivity index (χ2v) is 4.75. The van der Waals surface area contributed by atoms with Gasteiger partial charge in [0.1, 0.15) is 0 Å². The van der Waals surface area contributed by atoms with E-state index in [2.05, 4.69) is 24.0 Å². The van der Waals surface area contributed by atoms with E-state index in [9.17, 15) is 5.11 Å². The topological polar surface area (TPSA) is 32.7 Å². The number of rotatable bonds is 2. The number of nitrogens with zero attached hydrogens (tertiary/aromatic N) is 1. The largest absolute Gasteiger partial charge is 0.389 e. The average molecular weight is 235 g/mol. The van der Waals surface area contributed by atoms with Crippen molar-refractivity contribution >= 4 is 5.69 Å². The molecule has 1 saturated heterocycles. The molecular formula is C14H21NO2. The molecule has 0 aliphatic carbocycles. The van der Waals surface area contributed by atoms with Crippen molar-refractivity contribution in [2.75, 3.05) is 24.6 Å². The molecule has 0 spiro atoms. The van der Waals surface area contributed by atoms with Crippen molar-refractivity contribution < 1.29 is 9.84 Å². The molecule has 0 amide bonds. The number of anilines is 1. The summed E-state index contributed by atoms with van der Waals surface area (Å²) >= 11 is 0. The molecule has 17 heavy (non-hydrogen) atoms. The van der Waals surface area contributed by atoms with Gasteiger partial charge in [-0.2, -0.15) is 0 Å². The summed E-state index contributed by atoms with van der Waals surface area (Å²) in [7, 11) is 0. The first-order valence-electron chi connectivity index (χ1n) is 6.31. The number of ether oxygens (including phenoxy) is 1. The second kappa shape index (κ2) is 5.52. The molecule has 1 fully saturated rings. The Morgan fingerprint density at radius 1 is 1.35 bits per heavy atom. The van der Waals surface area contributed by atoms with Crippen LogP contribution in [0.25, 0.3) is 0 Å². The number of hydrogen-bond donors (Lipinski definition) is 1. The van der Waals surface area contributed by atoms with E-state index in [0.29, 0.717) is 0 Å². The van der Waals surface area contributed by atoms with Gasteiger partial charge in [-0.1, -0.05) is 12.1 Å². The maximum absolute atomic E-state index is 9.48. The molecular weight excluding hydrogens is 214 g/mol. The number of benzene rings is 1. The highest BCUT2D eigenvalue weighted by atomic mass is 16.5. The molecule has 1 aliphatic rings. The van der Waals surface area contributed by atoms with Crippen molar-refractivity contribution in [3.05, 3.63) is 29.8 Å². The van der Waals surface area contributed by atoms with Crippen LogP contribution in [0.4, 0.5) is 5.69 Å². The van der Waals surface area contributed by atoms with E-state index in [4.69, 9.17) is 4.74 Å². The molecule has 2 unspecified atom stereocenters. The molecule has 2 atom stereocenters. The summed E-state index contributed by atoms with van der Waals surface area (Å²) in [5, 5.41) is 9.48. The smallest absolute Gasteiger partial charge is 0.0761 e. The van der Waals surface area contributed by atoms with Crippen molar-refractivity contribution in [2.24, 2.45) is 0 Å². The number of hydrogen-bond acceptors (Lipinski definition) is 3. The van der Waals surface area contributed by atoms with Crippen LogP contribution >= 0.6 is 0 Å². The van der Waals surface area contributed by atoms with E-state index < -0.39 is 6.10 Å². The van der Waals surface area contributed by atoms with Crippen LogP contribution in [0.3, 0.4) is 0 Å². The van der Waals surface area contributed by atoms with Gasteiger partial charge in [0.2, 0.25) is 0 Å². The van der Waals surface area contributed by atoms with Crippen molar-refractivity contribution in [3.8, 4) is 0 Å². The zero-order valence-corrected chi connectivity index (χ0v) is 10.6. The van der Waals surface area contributed by atoms with Crippen LogP contribution < -0.4 is 4.90 Å². The molecule has 1 aromatic rings.